The minimum atomic E-state index is -0.203. The van der Waals surface area contributed by atoms with E-state index in [1.54, 1.807) is 17.1 Å². The van der Waals surface area contributed by atoms with Crippen LogP contribution in [0.2, 0.25) is 0 Å². The van der Waals surface area contributed by atoms with E-state index in [0.717, 1.165) is 22.5 Å². The predicted octanol–water partition coefficient (Wildman–Crippen LogP) is 4.17. The molecule has 0 spiro atoms. The topological polar surface area (TPSA) is 59.8 Å². The summed E-state index contributed by atoms with van der Waals surface area (Å²) in [7, 11) is 0. The van der Waals surface area contributed by atoms with Crippen molar-refractivity contribution in [1.29, 1.82) is 0 Å². The van der Waals surface area contributed by atoms with Crippen LogP contribution in [0.4, 0.5) is 0 Å². The van der Waals surface area contributed by atoms with Gasteiger partial charge in [-0.3, -0.25) is 9.78 Å². The van der Waals surface area contributed by atoms with Crippen LogP contribution in [-0.2, 0) is 6.54 Å². The highest BCUT2D eigenvalue weighted by atomic mass is 16.1. The molecule has 0 radical (unpaired) electrons. The molecule has 0 fully saturated rings. The van der Waals surface area contributed by atoms with Crippen LogP contribution in [0.25, 0.3) is 16.9 Å². The molecular weight excluding hydrogens is 348 g/mol. The van der Waals surface area contributed by atoms with Gasteiger partial charge in [0, 0.05) is 24.5 Å². The normalized spacial score (nSPS) is 10.6. The minimum Gasteiger partial charge on any atom is -0.347 e. The molecule has 0 atom stereocenters. The van der Waals surface area contributed by atoms with Gasteiger partial charge in [-0.05, 0) is 42.8 Å². The first kappa shape index (κ1) is 17.7. The lowest BCUT2D eigenvalue weighted by Crippen LogP contribution is -2.23. The standard InChI is InChI=1S/C23H20N4O/c1-17-7-9-18(10-8-17)16-25-23(28)21-15-22(19-11-13-24-14-12-19)27(26-21)20-5-3-2-4-6-20/h2-15H,16H2,1H3,(H,25,28). The second-order valence-electron chi connectivity index (χ2n) is 6.57. The average molecular weight is 368 g/mol. The lowest BCUT2D eigenvalue weighted by Gasteiger charge is -2.07. The number of para-hydroxylation sites is 1. The number of pyridine rings is 1. The number of rotatable bonds is 5. The quantitative estimate of drug-likeness (QED) is 0.575. The predicted molar refractivity (Wildman–Crippen MR) is 109 cm³/mol. The van der Waals surface area contributed by atoms with E-state index in [-0.39, 0.29) is 5.91 Å². The van der Waals surface area contributed by atoms with Crippen LogP contribution in [0.1, 0.15) is 21.6 Å². The number of carbonyl (C=O) groups excluding carboxylic acids is 1. The molecule has 0 aliphatic carbocycles. The molecule has 2 aromatic heterocycles. The molecule has 1 N–H and O–H groups in total. The Hall–Kier alpha value is -3.73. The van der Waals surface area contributed by atoms with E-state index in [1.165, 1.54) is 5.56 Å². The Balaban J connectivity index is 1.63. The number of hydrogen-bond donors (Lipinski definition) is 1. The zero-order valence-electron chi connectivity index (χ0n) is 15.5. The first-order chi connectivity index (χ1) is 13.7. The highest BCUT2D eigenvalue weighted by Crippen LogP contribution is 2.23. The van der Waals surface area contributed by atoms with Crippen LogP contribution < -0.4 is 5.32 Å². The molecule has 0 bridgehead atoms. The van der Waals surface area contributed by atoms with E-state index in [2.05, 4.69) is 15.4 Å². The maximum absolute atomic E-state index is 12.7. The first-order valence-electron chi connectivity index (χ1n) is 9.10. The molecule has 2 aromatic carbocycles. The summed E-state index contributed by atoms with van der Waals surface area (Å²) in [5.74, 6) is -0.203. The third kappa shape index (κ3) is 3.83. The molecule has 1 amide bonds. The second kappa shape index (κ2) is 7.88. The van der Waals surface area contributed by atoms with Crippen molar-refractivity contribution in [2.75, 3.05) is 0 Å². The highest BCUT2D eigenvalue weighted by Gasteiger charge is 2.16. The van der Waals surface area contributed by atoms with Gasteiger partial charge in [0.2, 0.25) is 0 Å². The van der Waals surface area contributed by atoms with E-state index in [4.69, 9.17) is 0 Å². The van der Waals surface area contributed by atoms with Crippen LogP contribution in [-0.4, -0.2) is 20.7 Å². The van der Waals surface area contributed by atoms with Gasteiger partial charge in [-0.25, -0.2) is 4.68 Å². The molecule has 138 valence electrons. The van der Waals surface area contributed by atoms with Gasteiger partial charge in [-0.15, -0.1) is 0 Å². The first-order valence-corrected chi connectivity index (χ1v) is 9.10. The lowest BCUT2D eigenvalue weighted by atomic mass is 10.1. The van der Waals surface area contributed by atoms with Crippen molar-refractivity contribution in [3.63, 3.8) is 0 Å². The summed E-state index contributed by atoms with van der Waals surface area (Å²) in [5.41, 5.74) is 5.31. The van der Waals surface area contributed by atoms with Gasteiger partial charge in [-0.1, -0.05) is 48.0 Å². The van der Waals surface area contributed by atoms with Crippen molar-refractivity contribution < 1.29 is 4.79 Å². The summed E-state index contributed by atoms with van der Waals surface area (Å²) in [5, 5.41) is 7.52. The van der Waals surface area contributed by atoms with Gasteiger partial charge < -0.3 is 5.32 Å². The van der Waals surface area contributed by atoms with Crippen LogP contribution >= 0.6 is 0 Å². The fraction of sp³-hybridized carbons (Fsp3) is 0.0870. The van der Waals surface area contributed by atoms with Crippen molar-refractivity contribution in [2.45, 2.75) is 13.5 Å². The summed E-state index contributed by atoms with van der Waals surface area (Å²) in [4.78, 5) is 16.8. The van der Waals surface area contributed by atoms with Crippen molar-refractivity contribution >= 4 is 5.91 Å². The number of amides is 1. The molecule has 0 aliphatic rings. The van der Waals surface area contributed by atoms with Gasteiger partial charge in [0.25, 0.3) is 5.91 Å². The molecular formula is C23H20N4O. The summed E-state index contributed by atoms with van der Waals surface area (Å²) >= 11 is 0. The molecule has 0 saturated heterocycles. The molecule has 0 unspecified atom stereocenters. The Labute approximate surface area is 163 Å². The average Bonchev–Trinajstić information content (AvgIpc) is 3.20. The Morgan fingerprint density at radius 2 is 1.68 bits per heavy atom. The van der Waals surface area contributed by atoms with Crippen molar-refractivity contribution in [3.8, 4) is 16.9 Å². The number of benzene rings is 2. The van der Waals surface area contributed by atoms with Crippen molar-refractivity contribution in [1.82, 2.24) is 20.1 Å². The van der Waals surface area contributed by atoms with Crippen LogP contribution in [0.5, 0.6) is 0 Å². The number of hydrogen-bond acceptors (Lipinski definition) is 3. The highest BCUT2D eigenvalue weighted by molar-refractivity contribution is 5.93. The third-order valence-electron chi connectivity index (χ3n) is 4.49. The van der Waals surface area contributed by atoms with Crippen molar-refractivity contribution in [2.24, 2.45) is 0 Å². The third-order valence-corrected chi connectivity index (χ3v) is 4.49. The molecule has 5 nitrogen and oxygen atoms in total. The maximum atomic E-state index is 12.7. The number of nitrogens with one attached hydrogen (secondary N) is 1. The Kier molecular flexibility index (Phi) is 4.97. The van der Waals surface area contributed by atoms with E-state index in [1.807, 2.05) is 79.7 Å². The van der Waals surface area contributed by atoms with E-state index >= 15 is 0 Å². The maximum Gasteiger partial charge on any atom is 0.272 e. The van der Waals surface area contributed by atoms with Gasteiger partial charge in [-0.2, -0.15) is 5.10 Å². The number of aryl methyl sites for hydroxylation is 1. The smallest absolute Gasteiger partial charge is 0.272 e. The number of nitrogens with zero attached hydrogens (tertiary/aromatic N) is 3. The van der Waals surface area contributed by atoms with Crippen LogP contribution in [0.3, 0.4) is 0 Å². The van der Waals surface area contributed by atoms with Gasteiger partial charge in [0.15, 0.2) is 5.69 Å². The zero-order valence-corrected chi connectivity index (χ0v) is 15.5. The summed E-state index contributed by atoms with van der Waals surface area (Å²) in [6.45, 7) is 2.50. The molecule has 4 rings (SSSR count). The lowest BCUT2D eigenvalue weighted by molar-refractivity contribution is 0.0945. The fourth-order valence-electron chi connectivity index (χ4n) is 2.97. The Morgan fingerprint density at radius 3 is 2.39 bits per heavy atom. The van der Waals surface area contributed by atoms with E-state index < -0.39 is 0 Å². The Bertz CT molecular complexity index is 1010. The zero-order chi connectivity index (χ0) is 19.3. The number of aromatic nitrogens is 3. The van der Waals surface area contributed by atoms with Gasteiger partial charge in [0.1, 0.15) is 0 Å². The van der Waals surface area contributed by atoms with Crippen LogP contribution in [0, 0.1) is 6.92 Å². The SMILES string of the molecule is Cc1ccc(CNC(=O)c2cc(-c3ccncc3)n(-c3ccccc3)n2)cc1. The molecule has 5 heteroatoms. The Morgan fingerprint density at radius 1 is 0.964 bits per heavy atom. The molecule has 0 saturated carbocycles. The summed E-state index contributed by atoms with van der Waals surface area (Å²) in [6, 6.07) is 23.5. The monoisotopic (exact) mass is 368 g/mol. The largest absolute Gasteiger partial charge is 0.347 e. The van der Waals surface area contributed by atoms with Gasteiger partial charge in [0.05, 0.1) is 11.4 Å². The van der Waals surface area contributed by atoms with E-state index in [9.17, 15) is 4.79 Å². The summed E-state index contributed by atoms with van der Waals surface area (Å²) < 4.78 is 1.79. The second-order valence-corrected chi connectivity index (χ2v) is 6.57. The molecule has 4 aromatic rings. The minimum absolute atomic E-state index is 0.203. The van der Waals surface area contributed by atoms with Crippen molar-refractivity contribution in [3.05, 3.63) is 102 Å². The fourth-order valence-corrected chi connectivity index (χ4v) is 2.97. The van der Waals surface area contributed by atoms with E-state index in [0.29, 0.717) is 12.2 Å². The van der Waals surface area contributed by atoms with Crippen LogP contribution in [0.15, 0.2) is 85.2 Å². The molecule has 2 heterocycles. The summed E-state index contributed by atoms with van der Waals surface area (Å²) in [6.07, 6.45) is 3.46. The van der Waals surface area contributed by atoms with Gasteiger partial charge >= 0.3 is 0 Å². The molecule has 0 aliphatic heterocycles. The number of carbonyl (C=O) groups is 1. The molecule has 28 heavy (non-hydrogen) atoms.